The van der Waals surface area contributed by atoms with E-state index < -0.39 is 4.92 Å². The molecule has 2 atom stereocenters. The third kappa shape index (κ3) is 4.12. The van der Waals surface area contributed by atoms with Crippen molar-refractivity contribution in [1.82, 2.24) is 9.80 Å². The Balaban J connectivity index is 1.94. The van der Waals surface area contributed by atoms with E-state index in [1.54, 1.807) is 9.80 Å². The van der Waals surface area contributed by atoms with Crippen molar-refractivity contribution in [2.24, 2.45) is 0 Å². The van der Waals surface area contributed by atoms with Gasteiger partial charge in [-0.15, -0.1) is 0 Å². The number of nitrogens with zero attached hydrogens (tertiary/aromatic N) is 3. The SMILES string of the molecule is C[C@@H]1CCCCN1C(=O)c1cc(C(=O)N2CCCC[C@H]2C)cc([N+](=O)[O-])c1. The number of hydrogen-bond donors (Lipinski definition) is 0. The molecule has 7 nitrogen and oxygen atoms in total. The maximum absolute atomic E-state index is 13.0. The van der Waals surface area contributed by atoms with Crippen molar-refractivity contribution in [3.8, 4) is 0 Å². The van der Waals surface area contributed by atoms with E-state index in [4.69, 9.17) is 0 Å². The van der Waals surface area contributed by atoms with E-state index in [2.05, 4.69) is 0 Å². The lowest BCUT2D eigenvalue weighted by molar-refractivity contribution is -0.384. The van der Waals surface area contributed by atoms with Crippen molar-refractivity contribution in [1.29, 1.82) is 0 Å². The second kappa shape index (κ2) is 8.06. The molecule has 2 amide bonds. The summed E-state index contributed by atoms with van der Waals surface area (Å²) in [6.45, 7) is 5.29. The van der Waals surface area contributed by atoms with Gasteiger partial charge in [0.15, 0.2) is 0 Å². The Morgan fingerprint density at radius 3 is 1.70 bits per heavy atom. The molecule has 0 saturated carbocycles. The van der Waals surface area contributed by atoms with Gasteiger partial charge in [0.1, 0.15) is 0 Å². The van der Waals surface area contributed by atoms with Gasteiger partial charge in [0.05, 0.1) is 4.92 Å². The monoisotopic (exact) mass is 373 g/mol. The van der Waals surface area contributed by atoms with Crippen LogP contribution in [0.3, 0.4) is 0 Å². The highest BCUT2D eigenvalue weighted by atomic mass is 16.6. The van der Waals surface area contributed by atoms with Gasteiger partial charge < -0.3 is 9.80 Å². The topological polar surface area (TPSA) is 83.8 Å². The highest BCUT2D eigenvalue weighted by Gasteiger charge is 2.29. The van der Waals surface area contributed by atoms with Gasteiger partial charge in [-0.05, 0) is 58.4 Å². The molecule has 2 aliphatic heterocycles. The lowest BCUT2D eigenvalue weighted by Gasteiger charge is -2.34. The molecule has 0 spiro atoms. The zero-order chi connectivity index (χ0) is 19.6. The van der Waals surface area contributed by atoms with Gasteiger partial charge in [-0.3, -0.25) is 19.7 Å². The van der Waals surface area contributed by atoms with Crippen molar-refractivity contribution >= 4 is 17.5 Å². The molecule has 1 aromatic carbocycles. The first-order chi connectivity index (χ1) is 12.9. The number of piperidine rings is 2. The minimum absolute atomic E-state index is 0.104. The van der Waals surface area contributed by atoms with Gasteiger partial charge in [-0.25, -0.2) is 0 Å². The average Bonchev–Trinajstić information content (AvgIpc) is 2.67. The van der Waals surface area contributed by atoms with Crippen LogP contribution in [0.4, 0.5) is 5.69 Å². The van der Waals surface area contributed by atoms with Gasteiger partial charge in [0.2, 0.25) is 0 Å². The van der Waals surface area contributed by atoms with Gasteiger partial charge in [0, 0.05) is 48.4 Å². The molecule has 2 saturated heterocycles. The quantitative estimate of drug-likeness (QED) is 0.598. The zero-order valence-electron chi connectivity index (χ0n) is 16.0. The number of carbonyl (C=O) groups excluding carboxylic acids is 2. The number of non-ortho nitro benzene ring substituents is 1. The molecule has 2 fully saturated rings. The minimum atomic E-state index is -0.535. The number of likely N-dealkylation sites (tertiary alicyclic amines) is 2. The number of nitro groups is 1. The molecular weight excluding hydrogens is 346 g/mol. The van der Waals surface area contributed by atoms with Crippen molar-refractivity contribution in [3.05, 3.63) is 39.4 Å². The minimum Gasteiger partial charge on any atom is -0.336 e. The molecule has 2 aliphatic rings. The first-order valence-corrected chi connectivity index (χ1v) is 9.80. The molecule has 0 aromatic heterocycles. The van der Waals surface area contributed by atoms with E-state index in [-0.39, 0.29) is 40.7 Å². The lowest BCUT2D eigenvalue weighted by atomic mass is 9.99. The number of benzene rings is 1. The molecule has 0 aliphatic carbocycles. The standard InChI is InChI=1S/C20H27N3O4/c1-14-7-3-5-9-21(14)19(24)16-11-17(13-18(12-16)23(26)27)20(25)22-10-6-4-8-15(22)2/h11-15H,3-10H2,1-2H3/t14-,15-/m1/s1. The van der Waals surface area contributed by atoms with E-state index >= 15 is 0 Å². The summed E-state index contributed by atoms with van der Waals surface area (Å²) in [5.74, 6) is -0.460. The van der Waals surface area contributed by atoms with Crippen LogP contribution in [0.1, 0.15) is 73.1 Å². The predicted molar refractivity (Wildman–Crippen MR) is 102 cm³/mol. The van der Waals surface area contributed by atoms with E-state index in [0.717, 1.165) is 38.5 Å². The molecule has 1 aromatic rings. The zero-order valence-corrected chi connectivity index (χ0v) is 16.0. The smallest absolute Gasteiger partial charge is 0.271 e. The van der Waals surface area contributed by atoms with Gasteiger partial charge in [0.25, 0.3) is 17.5 Å². The maximum atomic E-state index is 13.0. The Hall–Kier alpha value is -2.44. The summed E-state index contributed by atoms with van der Waals surface area (Å²) in [7, 11) is 0. The molecule has 146 valence electrons. The first-order valence-electron chi connectivity index (χ1n) is 9.80. The van der Waals surface area contributed by atoms with Crippen LogP contribution < -0.4 is 0 Å². The van der Waals surface area contributed by atoms with Crippen molar-refractivity contribution in [2.45, 2.75) is 64.5 Å². The van der Waals surface area contributed by atoms with Crippen LogP contribution >= 0.6 is 0 Å². The predicted octanol–water partition coefficient (Wildman–Crippen LogP) is 3.62. The van der Waals surface area contributed by atoms with Crippen LogP contribution in [-0.2, 0) is 0 Å². The van der Waals surface area contributed by atoms with Crippen molar-refractivity contribution < 1.29 is 14.5 Å². The number of amides is 2. The summed E-state index contributed by atoms with van der Waals surface area (Å²) < 4.78 is 0. The Morgan fingerprint density at radius 1 is 0.889 bits per heavy atom. The van der Waals surface area contributed by atoms with Crippen LogP contribution in [0.2, 0.25) is 0 Å². The third-order valence-electron chi connectivity index (χ3n) is 5.75. The summed E-state index contributed by atoms with van der Waals surface area (Å²) in [6.07, 6.45) is 5.88. The summed E-state index contributed by atoms with van der Waals surface area (Å²) in [5, 5.41) is 11.4. The third-order valence-corrected chi connectivity index (χ3v) is 5.75. The maximum Gasteiger partial charge on any atom is 0.271 e. The normalized spacial score (nSPS) is 23.2. The molecule has 0 radical (unpaired) electrons. The van der Waals surface area contributed by atoms with Gasteiger partial charge in [-0.2, -0.15) is 0 Å². The van der Waals surface area contributed by atoms with E-state index in [1.807, 2.05) is 13.8 Å². The number of hydrogen-bond acceptors (Lipinski definition) is 4. The molecule has 7 heteroatoms. The van der Waals surface area contributed by atoms with Crippen LogP contribution in [0.25, 0.3) is 0 Å². The van der Waals surface area contributed by atoms with Crippen LogP contribution in [0.15, 0.2) is 18.2 Å². The Labute approximate surface area is 159 Å². The van der Waals surface area contributed by atoms with E-state index in [9.17, 15) is 19.7 Å². The fourth-order valence-electron chi connectivity index (χ4n) is 4.09. The molecule has 2 heterocycles. The summed E-state index contributed by atoms with van der Waals surface area (Å²) in [5.41, 5.74) is 0.246. The summed E-state index contributed by atoms with van der Waals surface area (Å²) >= 11 is 0. The fraction of sp³-hybridized carbons (Fsp3) is 0.600. The summed E-state index contributed by atoms with van der Waals surface area (Å²) in [4.78, 5) is 40.3. The number of nitro benzene ring substituents is 1. The van der Waals surface area contributed by atoms with E-state index in [0.29, 0.717) is 13.1 Å². The van der Waals surface area contributed by atoms with Crippen molar-refractivity contribution in [3.63, 3.8) is 0 Å². The first kappa shape index (κ1) is 19.3. The highest BCUT2D eigenvalue weighted by molar-refractivity contribution is 6.01. The summed E-state index contributed by atoms with van der Waals surface area (Å²) in [6, 6.07) is 4.32. The van der Waals surface area contributed by atoms with Gasteiger partial charge >= 0.3 is 0 Å². The number of carbonyl (C=O) groups is 2. The molecule has 3 rings (SSSR count). The second-order valence-corrected chi connectivity index (χ2v) is 7.71. The molecular formula is C20H27N3O4. The Kier molecular flexibility index (Phi) is 5.77. The second-order valence-electron chi connectivity index (χ2n) is 7.71. The molecule has 0 N–H and O–H groups in total. The van der Waals surface area contributed by atoms with Gasteiger partial charge in [-0.1, -0.05) is 0 Å². The van der Waals surface area contributed by atoms with Crippen molar-refractivity contribution in [2.75, 3.05) is 13.1 Å². The molecule has 27 heavy (non-hydrogen) atoms. The number of rotatable bonds is 3. The average molecular weight is 373 g/mol. The van der Waals surface area contributed by atoms with Crippen LogP contribution in [0, 0.1) is 10.1 Å². The Bertz CT molecular complexity index is 696. The van der Waals surface area contributed by atoms with Crippen LogP contribution in [0.5, 0.6) is 0 Å². The molecule has 0 unspecified atom stereocenters. The van der Waals surface area contributed by atoms with E-state index in [1.165, 1.54) is 18.2 Å². The lowest BCUT2D eigenvalue weighted by Crippen LogP contribution is -2.43. The highest BCUT2D eigenvalue weighted by Crippen LogP contribution is 2.25. The van der Waals surface area contributed by atoms with Crippen LogP contribution in [-0.4, -0.2) is 51.7 Å². The largest absolute Gasteiger partial charge is 0.336 e. The Morgan fingerprint density at radius 2 is 1.33 bits per heavy atom. The molecule has 0 bridgehead atoms. The fourth-order valence-corrected chi connectivity index (χ4v) is 4.09.